The van der Waals surface area contributed by atoms with Crippen molar-refractivity contribution in [2.24, 2.45) is 0 Å². The van der Waals surface area contributed by atoms with Gasteiger partial charge in [0.15, 0.2) is 5.78 Å². The maximum atomic E-state index is 13.9. The molecule has 34 heavy (non-hydrogen) atoms. The molecule has 0 N–H and O–H groups in total. The van der Waals surface area contributed by atoms with E-state index in [0.29, 0.717) is 3.92 Å². The molecule has 0 radical (unpaired) electrons. The van der Waals surface area contributed by atoms with Gasteiger partial charge in [0.05, 0.1) is 6.61 Å². The minimum Gasteiger partial charge on any atom is -0.462 e. The van der Waals surface area contributed by atoms with Gasteiger partial charge in [-0.15, -0.1) is 0 Å². The van der Waals surface area contributed by atoms with Crippen LogP contribution in [0.4, 0.5) is 0 Å². The van der Waals surface area contributed by atoms with Gasteiger partial charge in [-0.1, -0.05) is 127 Å². The van der Waals surface area contributed by atoms with E-state index in [0.717, 1.165) is 28.8 Å². The summed E-state index contributed by atoms with van der Waals surface area (Å²) in [6.45, 7) is 1.28. The summed E-state index contributed by atoms with van der Waals surface area (Å²) in [7, 11) is 0. The van der Waals surface area contributed by atoms with E-state index >= 15 is 0 Å². The van der Waals surface area contributed by atoms with Gasteiger partial charge < -0.3 is 4.74 Å². The smallest absolute Gasteiger partial charge is 0.343 e. The van der Waals surface area contributed by atoms with Crippen LogP contribution in [0.25, 0.3) is 0 Å². The highest BCUT2D eigenvalue weighted by Crippen LogP contribution is 2.46. The minimum atomic E-state index is -2.83. The summed E-state index contributed by atoms with van der Waals surface area (Å²) in [5.41, 5.74) is 0. The summed E-state index contributed by atoms with van der Waals surface area (Å²) >= 11 is 2.38. The van der Waals surface area contributed by atoms with Crippen LogP contribution in [0.3, 0.4) is 0 Å². The summed E-state index contributed by atoms with van der Waals surface area (Å²) in [6, 6.07) is 29.7. The molecule has 176 valence electrons. The molecule has 0 heterocycles. The SMILES string of the molecule is CCOC(=O)C(C(=O)/C=C/CCC(C)I)=P(c1ccccc1)(c1ccccc1)c1ccccc1. The molecule has 3 nitrogen and oxygen atoms in total. The lowest BCUT2D eigenvalue weighted by Gasteiger charge is -2.31. The first kappa shape index (κ1) is 26.2. The van der Waals surface area contributed by atoms with Gasteiger partial charge >= 0.3 is 5.97 Å². The van der Waals surface area contributed by atoms with Crippen LogP contribution >= 0.6 is 29.5 Å². The van der Waals surface area contributed by atoms with E-state index < -0.39 is 12.9 Å². The Balaban J connectivity index is 2.45. The normalized spacial score (nSPS) is 12.3. The van der Waals surface area contributed by atoms with Crippen molar-refractivity contribution in [3.8, 4) is 0 Å². The number of ketones is 1. The average molecular weight is 584 g/mol. The summed E-state index contributed by atoms with van der Waals surface area (Å²) < 4.78 is 6.05. The van der Waals surface area contributed by atoms with Crippen LogP contribution in [0.5, 0.6) is 0 Å². The molecular weight excluding hydrogens is 554 g/mol. The molecule has 0 aromatic heterocycles. The second-order valence-electron chi connectivity index (χ2n) is 7.87. The maximum Gasteiger partial charge on any atom is 0.343 e. The van der Waals surface area contributed by atoms with Crippen molar-refractivity contribution in [3.63, 3.8) is 0 Å². The lowest BCUT2D eigenvalue weighted by Crippen LogP contribution is -2.37. The second-order valence-corrected chi connectivity index (χ2v) is 13.3. The lowest BCUT2D eigenvalue weighted by atomic mass is 10.2. The number of carbonyl (C=O) groups excluding carboxylic acids is 2. The number of alkyl halides is 1. The highest BCUT2D eigenvalue weighted by Gasteiger charge is 2.36. The van der Waals surface area contributed by atoms with Crippen molar-refractivity contribution in [3.05, 3.63) is 103 Å². The Hall–Kier alpha value is -2.43. The zero-order chi connectivity index (χ0) is 24.4. The van der Waals surface area contributed by atoms with Crippen LogP contribution in [0.2, 0.25) is 0 Å². The number of esters is 1. The van der Waals surface area contributed by atoms with Gasteiger partial charge in [0.25, 0.3) is 0 Å². The Labute approximate surface area is 216 Å². The van der Waals surface area contributed by atoms with Crippen molar-refractivity contribution >= 4 is 62.4 Å². The molecule has 0 aliphatic rings. The van der Waals surface area contributed by atoms with Crippen LogP contribution in [0.1, 0.15) is 26.7 Å². The molecule has 0 spiro atoms. The zero-order valence-electron chi connectivity index (χ0n) is 19.6. The summed E-state index contributed by atoms with van der Waals surface area (Å²) in [5.74, 6) is -0.839. The topological polar surface area (TPSA) is 43.4 Å². The number of allylic oxidation sites excluding steroid dienone is 2. The Morgan fingerprint density at radius 3 is 1.68 bits per heavy atom. The van der Waals surface area contributed by atoms with E-state index in [2.05, 4.69) is 29.5 Å². The zero-order valence-corrected chi connectivity index (χ0v) is 22.6. The fourth-order valence-electron chi connectivity index (χ4n) is 3.99. The Kier molecular flexibility index (Phi) is 9.91. The van der Waals surface area contributed by atoms with Gasteiger partial charge in [-0.3, -0.25) is 4.79 Å². The molecule has 0 bridgehead atoms. The van der Waals surface area contributed by atoms with Gasteiger partial charge in [0, 0.05) is 3.92 Å². The average Bonchev–Trinajstić information content (AvgIpc) is 2.86. The summed E-state index contributed by atoms with van der Waals surface area (Å²) in [5, 5.41) is 3.03. The monoisotopic (exact) mass is 584 g/mol. The minimum absolute atomic E-state index is 0.198. The molecule has 1 atom stereocenters. The quantitative estimate of drug-likeness (QED) is 0.0796. The lowest BCUT2D eigenvalue weighted by molar-refractivity contribution is -0.135. The van der Waals surface area contributed by atoms with Gasteiger partial charge in [0.2, 0.25) is 0 Å². The van der Waals surface area contributed by atoms with Crippen molar-refractivity contribution in [2.45, 2.75) is 30.6 Å². The van der Waals surface area contributed by atoms with Crippen molar-refractivity contribution in [1.82, 2.24) is 0 Å². The number of benzene rings is 3. The van der Waals surface area contributed by atoms with E-state index in [1.54, 1.807) is 13.0 Å². The number of halogens is 1. The standard InChI is InChI=1S/C29H30IO3P/c1-3-33-29(32)28(27(31)22-14-13-15-23(2)30)34(24-16-7-4-8-17-24,25-18-9-5-10-19-25)26-20-11-6-12-21-26/h4-12,14,16-23H,3,13,15H2,1-2H3/b22-14+. The van der Waals surface area contributed by atoms with E-state index in [-0.39, 0.29) is 17.7 Å². The Bertz CT molecular complexity index is 1070. The van der Waals surface area contributed by atoms with Crippen molar-refractivity contribution in [2.75, 3.05) is 6.61 Å². The van der Waals surface area contributed by atoms with Crippen LogP contribution in [0.15, 0.2) is 103 Å². The summed E-state index contributed by atoms with van der Waals surface area (Å²) in [4.78, 5) is 27.5. The first-order chi connectivity index (χ1) is 16.5. The summed E-state index contributed by atoms with van der Waals surface area (Å²) in [6.07, 6.45) is 5.19. The fraction of sp³-hybridized carbons (Fsp3) is 0.207. The van der Waals surface area contributed by atoms with Gasteiger partial charge in [-0.05, 0) is 48.6 Å². The third-order valence-electron chi connectivity index (χ3n) is 5.47. The first-order valence-electron chi connectivity index (χ1n) is 11.5. The van der Waals surface area contributed by atoms with Crippen LogP contribution in [0, 0.1) is 0 Å². The molecule has 0 amide bonds. The predicted octanol–water partition coefficient (Wildman–Crippen LogP) is 5.45. The molecule has 0 saturated carbocycles. The molecular formula is C29H30IO3P. The molecule has 0 saturated heterocycles. The van der Waals surface area contributed by atoms with E-state index in [4.69, 9.17) is 4.74 Å². The van der Waals surface area contributed by atoms with Crippen LogP contribution in [-0.2, 0) is 14.3 Å². The molecule has 3 aromatic rings. The largest absolute Gasteiger partial charge is 0.462 e. The van der Waals surface area contributed by atoms with Gasteiger partial charge in [0.1, 0.15) is 5.29 Å². The molecule has 5 heteroatoms. The molecule has 1 unspecified atom stereocenters. The first-order valence-corrected chi connectivity index (χ1v) is 14.5. The Morgan fingerprint density at radius 2 is 1.29 bits per heavy atom. The third kappa shape index (κ3) is 5.97. The number of hydrogen-bond acceptors (Lipinski definition) is 3. The van der Waals surface area contributed by atoms with Crippen molar-refractivity contribution in [1.29, 1.82) is 0 Å². The molecule has 0 aliphatic carbocycles. The van der Waals surface area contributed by atoms with E-state index in [1.807, 2.05) is 97.1 Å². The molecule has 0 fully saturated rings. The predicted molar refractivity (Wildman–Crippen MR) is 154 cm³/mol. The van der Waals surface area contributed by atoms with Gasteiger partial charge in [-0.2, -0.15) is 0 Å². The fourth-order valence-corrected chi connectivity index (χ4v) is 8.62. The maximum absolute atomic E-state index is 13.9. The molecule has 0 aliphatic heterocycles. The van der Waals surface area contributed by atoms with E-state index in [1.165, 1.54) is 0 Å². The third-order valence-corrected chi connectivity index (χ3v) is 10.4. The molecule has 3 rings (SSSR count). The number of hydrogen-bond donors (Lipinski definition) is 0. The van der Waals surface area contributed by atoms with Gasteiger partial charge in [-0.25, -0.2) is 4.79 Å². The highest BCUT2D eigenvalue weighted by molar-refractivity contribution is 14.1. The number of rotatable bonds is 10. The van der Waals surface area contributed by atoms with Crippen LogP contribution in [-0.4, -0.2) is 27.6 Å². The van der Waals surface area contributed by atoms with Crippen molar-refractivity contribution < 1.29 is 14.3 Å². The number of carbonyl (C=O) groups is 2. The molecule has 3 aromatic carbocycles. The number of ether oxygens (including phenoxy) is 1. The second kappa shape index (κ2) is 12.9. The van der Waals surface area contributed by atoms with Crippen LogP contribution < -0.4 is 15.9 Å². The Morgan fingerprint density at radius 1 is 0.853 bits per heavy atom. The van der Waals surface area contributed by atoms with E-state index in [9.17, 15) is 9.59 Å². The highest BCUT2D eigenvalue weighted by atomic mass is 127.